The first-order valence-corrected chi connectivity index (χ1v) is 19.1. The van der Waals surface area contributed by atoms with Crippen molar-refractivity contribution in [2.24, 2.45) is 0 Å². The molecule has 12 heteroatoms. The first kappa shape index (κ1) is 36.4. The number of benzene rings is 4. The van der Waals surface area contributed by atoms with Crippen molar-refractivity contribution < 1.29 is 9.59 Å². The summed E-state index contributed by atoms with van der Waals surface area (Å²) in [5.74, 6) is 0.118. The van der Waals surface area contributed by atoms with Crippen LogP contribution in [0.2, 0.25) is 15.1 Å². The number of H-pyrrole nitrogens is 1. The normalized spacial score (nSPS) is 13.9. The van der Waals surface area contributed by atoms with Gasteiger partial charge in [-0.25, -0.2) is 9.97 Å². The van der Waals surface area contributed by atoms with Crippen molar-refractivity contribution in [3.05, 3.63) is 154 Å². The number of nitrogens with one attached hydrogen (secondary N) is 3. The number of aromatic amines is 1. The summed E-state index contributed by atoms with van der Waals surface area (Å²) in [5, 5.41) is 8.75. The van der Waals surface area contributed by atoms with E-state index in [4.69, 9.17) is 44.8 Å². The molecule has 4 aromatic carbocycles. The molecule has 0 saturated carbocycles. The van der Waals surface area contributed by atoms with Gasteiger partial charge in [-0.1, -0.05) is 95.5 Å². The molecular formula is C43H36Cl3N7O2. The quantitative estimate of drug-likeness (QED) is 0.135. The number of aromatic nitrogens is 4. The van der Waals surface area contributed by atoms with E-state index in [1.807, 2.05) is 85.2 Å². The minimum Gasteiger partial charge on any atom is -0.355 e. The van der Waals surface area contributed by atoms with Gasteiger partial charge in [0.1, 0.15) is 5.69 Å². The molecule has 0 aliphatic carbocycles. The van der Waals surface area contributed by atoms with Gasteiger partial charge in [0.25, 0.3) is 11.8 Å². The third kappa shape index (κ3) is 7.43. The van der Waals surface area contributed by atoms with Crippen LogP contribution in [0, 0.1) is 0 Å². The lowest BCUT2D eigenvalue weighted by Crippen LogP contribution is -2.45. The molecule has 1 saturated heterocycles. The summed E-state index contributed by atoms with van der Waals surface area (Å²) in [6.07, 6.45) is 4.94. The highest BCUT2D eigenvalue weighted by atomic mass is 35.5. The van der Waals surface area contributed by atoms with E-state index in [0.29, 0.717) is 74.8 Å². The first-order chi connectivity index (χ1) is 26.7. The Kier molecular flexibility index (Phi) is 10.3. The highest BCUT2D eigenvalue weighted by Gasteiger charge is 2.29. The maximum absolute atomic E-state index is 14.7. The summed E-state index contributed by atoms with van der Waals surface area (Å²) in [6, 6.07) is 33.8. The second-order valence-corrected chi connectivity index (χ2v) is 14.8. The number of rotatable bonds is 9. The number of fused-ring (bicyclic) bond motifs is 1. The van der Waals surface area contributed by atoms with Gasteiger partial charge in [0.15, 0.2) is 5.82 Å². The van der Waals surface area contributed by atoms with Gasteiger partial charge < -0.3 is 25.1 Å². The maximum Gasteiger partial charge on any atom is 0.272 e. The highest BCUT2D eigenvalue weighted by Crippen LogP contribution is 2.42. The van der Waals surface area contributed by atoms with Gasteiger partial charge in [-0.3, -0.25) is 9.59 Å². The lowest BCUT2D eigenvalue weighted by atomic mass is 9.99. The van der Waals surface area contributed by atoms with Crippen molar-refractivity contribution in [2.75, 3.05) is 23.3 Å². The maximum atomic E-state index is 14.7. The molecule has 2 amide bonds. The van der Waals surface area contributed by atoms with Crippen LogP contribution in [0.15, 0.2) is 122 Å². The molecule has 55 heavy (non-hydrogen) atoms. The van der Waals surface area contributed by atoms with Gasteiger partial charge in [-0.05, 0) is 73.9 Å². The Morgan fingerprint density at radius 2 is 1.55 bits per heavy atom. The van der Waals surface area contributed by atoms with Crippen LogP contribution in [-0.4, -0.2) is 50.5 Å². The van der Waals surface area contributed by atoms with Crippen LogP contribution >= 0.6 is 34.8 Å². The van der Waals surface area contributed by atoms with Crippen molar-refractivity contribution in [3.8, 4) is 22.5 Å². The zero-order valence-corrected chi connectivity index (χ0v) is 32.0. The summed E-state index contributed by atoms with van der Waals surface area (Å²) in [7, 11) is 0. The van der Waals surface area contributed by atoms with Gasteiger partial charge in [-0.2, -0.15) is 0 Å². The number of carbonyl (C=O) groups excluding carboxylic acids is 2. The van der Waals surface area contributed by atoms with Crippen LogP contribution < -0.4 is 15.5 Å². The summed E-state index contributed by atoms with van der Waals surface area (Å²) < 4.78 is 2.10. The Hall–Kier alpha value is -5.61. The molecule has 1 aliphatic heterocycles. The molecule has 9 nitrogen and oxygen atoms in total. The molecular weight excluding hydrogens is 753 g/mol. The zero-order valence-electron chi connectivity index (χ0n) is 29.8. The second kappa shape index (κ2) is 15.6. The Bertz CT molecular complexity index is 2510. The number of pyridine rings is 1. The largest absolute Gasteiger partial charge is 0.355 e. The number of piperidine rings is 1. The predicted molar refractivity (Wildman–Crippen MR) is 222 cm³/mol. The van der Waals surface area contributed by atoms with Gasteiger partial charge in [0, 0.05) is 57.4 Å². The molecule has 0 spiro atoms. The Labute approximate surface area is 333 Å². The van der Waals surface area contributed by atoms with Crippen LogP contribution in [0.1, 0.15) is 52.2 Å². The van der Waals surface area contributed by atoms with E-state index in [2.05, 4.69) is 32.0 Å². The fourth-order valence-electron chi connectivity index (χ4n) is 7.27. The van der Waals surface area contributed by atoms with E-state index in [0.717, 1.165) is 27.9 Å². The monoisotopic (exact) mass is 787 g/mol. The standard InChI is InChI=1S/C43H36Cl3N7O2/c1-26(27-13-15-29(44)16-14-27)53-25-48-38(28-8-3-2-4-9-28)40(53)37-33-18-17-30(45)24-36(33)50-39(37)43(55)51-35-12-7-21-47-41(35)52-22-19-31(20-23-52)49-42(54)32-10-5-6-11-34(32)46/h2-18,21,24-26,31,50H,19-20,22-23H2,1H3,(H,49,54)(H,51,55)/t26-/m0/s1. The zero-order chi connectivity index (χ0) is 38.1. The first-order valence-electron chi connectivity index (χ1n) is 18.0. The fourth-order valence-corrected chi connectivity index (χ4v) is 7.79. The van der Waals surface area contributed by atoms with E-state index in [1.54, 1.807) is 36.5 Å². The summed E-state index contributed by atoms with van der Waals surface area (Å²) in [5.41, 5.74) is 6.25. The number of anilines is 2. The van der Waals surface area contributed by atoms with Crippen LogP contribution in [0.3, 0.4) is 0 Å². The number of nitrogens with zero attached hydrogens (tertiary/aromatic N) is 4. The van der Waals surface area contributed by atoms with Crippen LogP contribution in [-0.2, 0) is 0 Å². The molecule has 276 valence electrons. The molecule has 7 aromatic rings. The van der Waals surface area contributed by atoms with Crippen LogP contribution in [0.4, 0.5) is 11.5 Å². The second-order valence-electron chi connectivity index (χ2n) is 13.6. The summed E-state index contributed by atoms with van der Waals surface area (Å²) in [6.45, 7) is 3.36. The smallest absolute Gasteiger partial charge is 0.272 e. The van der Waals surface area contributed by atoms with Crippen molar-refractivity contribution in [3.63, 3.8) is 0 Å². The van der Waals surface area contributed by atoms with Crippen molar-refractivity contribution in [1.29, 1.82) is 0 Å². The number of hydrogen-bond donors (Lipinski definition) is 3. The van der Waals surface area contributed by atoms with Gasteiger partial charge in [0.2, 0.25) is 0 Å². The third-order valence-electron chi connectivity index (χ3n) is 10.1. The van der Waals surface area contributed by atoms with E-state index >= 15 is 0 Å². The molecule has 1 aliphatic rings. The average Bonchev–Trinajstić information content (AvgIpc) is 3.80. The predicted octanol–water partition coefficient (Wildman–Crippen LogP) is 10.3. The SMILES string of the molecule is C[C@@H](c1ccc(Cl)cc1)n1cnc(-c2ccccc2)c1-c1c(C(=O)Nc2cccnc2N2CCC(NC(=O)c3ccccc3Cl)CC2)[nH]c2cc(Cl)ccc12. The lowest BCUT2D eigenvalue weighted by Gasteiger charge is -2.34. The number of carbonyl (C=O) groups is 2. The van der Waals surface area contributed by atoms with Crippen molar-refractivity contribution in [2.45, 2.75) is 31.8 Å². The Morgan fingerprint density at radius 3 is 2.31 bits per heavy atom. The number of amides is 2. The Morgan fingerprint density at radius 1 is 0.818 bits per heavy atom. The van der Waals surface area contributed by atoms with Crippen LogP contribution in [0.25, 0.3) is 33.4 Å². The number of hydrogen-bond acceptors (Lipinski definition) is 5. The molecule has 8 rings (SSSR count). The third-order valence-corrected chi connectivity index (χ3v) is 10.9. The molecule has 3 N–H and O–H groups in total. The van der Waals surface area contributed by atoms with E-state index in [9.17, 15) is 9.59 Å². The topological polar surface area (TPSA) is 108 Å². The molecule has 0 unspecified atom stereocenters. The van der Waals surface area contributed by atoms with Gasteiger partial charge in [0.05, 0.1) is 40.0 Å². The summed E-state index contributed by atoms with van der Waals surface area (Å²) in [4.78, 5) is 42.8. The minimum absolute atomic E-state index is 0.0265. The van der Waals surface area contributed by atoms with Gasteiger partial charge >= 0.3 is 0 Å². The number of halogens is 3. The average molecular weight is 789 g/mol. The molecule has 3 aromatic heterocycles. The molecule has 1 fully saturated rings. The molecule has 0 bridgehead atoms. The highest BCUT2D eigenvalue weighted by molar-refractivity contribution is 6.34. The Balaban J connectivity index is 1.13. The molecule has 0 radical (unpaired) electrons. The van der Waals surface area contributed by atoms with E-state index in [-0.39, 0.29) is 23.9 Å². The van der Waals surface area contributed by atoms with Crippen molar-refractivity contribution in [1.82, 2.24) is 24.8 Å². The van der Waals surface area contributed by atoms with E-state index in [1.165, 1.54) is 0 Å². The van der Waals surface area contributed by atoms with Gasteiger partial charge in [-0.15, -0.1) is 0 Å². The van der Waals surface area contributed by atoms with E-state index < -0.39 is 0 Å². The lowest BCUT2D eigenvalue weighted by molar-refractivity contribution is 0.0930. The van der Waals surface area contributed by atoms with Crippen LogP contribution in [0.5, 0.6) is 0 Å². The fraction of sp³-hybridized carbons (Fsp3) is 0.163. The number of imidazole rings is 1. The molecule has 4 heterocycles. The minimum atomic E-state index is -0.343. The summed E-state index contributed by atoms with van der Waals surface area (Å²) >= 11 is 19.0. The molecule has 1 atom stereocenters. The van der Waals surface area contributed by atoms with Crippen molar-refractivity contribution >= 4 is 69.0 Å².